The SMILES string of the molecule is CC(OC1CCCN(C)CC1)C(=O)O. The molecule has 2 atom stereocenters. The predicted molar refractivity (Wildman–Crippen MR) is 53.3 cm³/mol. The van der Waals surface area contributed by atoms with Gasteiger partial charge in [-0.05, 0) is 39.8 Å². The summed E-state index contributed by atoms with van der Waals surface area (Å²) in [5.41, 5.74) is 0. The van der Waals surface area contributed by atoms with Crippen LogP contribution in [0.5, 0.6) is 0 Å². The van der Waals surface area contributed by atoms with Crippen molar-refractivity contribution in [1.82, 2.24) is 4.90 Å². The molecule has 14 heavy (non-hydrogen) atoms. The van der Waals surface area contributed by atoms with Crippen molar-refractivity contribution in [2.24, 2.45) is 0 Å². The van der Waals surface area contributed by atoms with Crippen molar-refractivity contribution in [3.05, 3.63) is 0 Å². The molecule has 1 rings (SSSR count). The Bertz CT molecular complexity index is 196. The average molecular weight is 201 g/mol. The van der Waals surface area contributed by atoms with Crippen molar-refractivity contribution < 1.29 is 14.6 Å². The lowest BCUT2D eigenvalue weighted by molar-refractivity contribution is -0.153. The molecule has 0 aliphatic carbocycles. The van der Waals surface area contributed by atoms with Gasteiger partial charge < -0.3 is 14.7 Å². The van der Waals surface area contributed by atoms with Gasteiger partial charge in [0.1, 0.15) is 0 Å². The fraction of sp³-hybridized carbons (Fsp3) is 0.900. The monoisotopic (exact) mass is 201 g/mol. The van der Waals surface area contributed by atoms with Crippen LogP contribution in [0.2, 0.25) is 0 Å². The number of rotatable bonds is 3. The Morgan fingerprint density at radius 2 is 2.21 bits per heavy atom. The van der Waals surface area contributed by atoms with Gasteiger partial charge in [0.2, 0.25) is 0 Å². The molecular weight excluding hydrogens is 182 g/mol. The lowest BCUT2D eigenvalue weighted by atomic mass is 10.1. The molecule has 1 saturated heterocycles. The molecule has 1 N–H and O–H groups in total. The molecular formula is C10H19NO3. The maximum absolute atomic E-state index is 10.6. The van der Waals surface area contributed by atoms with E-state index in [4.69, 9.17) is 9.84 Å². The number of ether oxygens (including phenoxy) is 1. The topological polar surface area (TPSA) is 49.8 Å². The van der Waals surface area contributed by atoms with Crippen LogP contribution in [0, 0.1) is 0 Å². The van der Waals surface area contributed by atoms with Crippen LogP contribution in [0.25, 0.3) is 0 Å². The van der Waals surface area contributed by atoms with E-state index in [1.807, 2.05) is 0 Å². The number of carboxylic acids is 1. The first-order valence-electron chi connectivity index (χ1n) is 5.16. The lowest BCUT2D eigenvalue weighted by Crippen LogP contribution is -2.27. The summed E-state index contributed by atoms with van der Waals surface area (Å²) in [5.74, 6) is -0.873. The van der Waals surface area contributed by atoms with E-state index in [2.05, 4.69) is 11.9 Å². The van der Waals surface area contributed by atoms with Crippen molar-refractivity contribution >= 4 is 5.97 Å². The second-order valence-corrected chi connectivity index (χ2v) is 3.97. The number of nitrogens with zero attached hydrogens (tertiary/aromatic N) is 1. The summed E-state index contributed by atoms with van der Waals surface area (Å²) in [4.78, 5) is 12.8. The second-order valence-electron chi connectivity index (χ2n) is 3.97. The van der Waals surface area contributed by atoms with E-state index in [1.165, 1.54) is 0 Å². The summed E-state index contributed by atoms with van der Waals surface area (Å²) >= 11 is 0. The Balaban J connectivity index is 2.33. The largest absolute Gasteiger partial charge is 0.479 e. The third kappa shape index (κ3) is 3.64. The minimum absolute atomic E-state index is 0.117. The Morgan fingerprint density at radius 3 is 2.86 bits per heavy atom. The molecule has 0 aromatic heterocycles. The van der Waals surface area contributed by atoms with Crippen molar-refractivity contribution in [3.8, 4) is 0 Å². The van der Waals surface area contributed by atoms with Crippen LogP contribution in [0.1, 0.15) is 26.2 Å². The molecule has 0 aromatic carbocycles. The zero-order chi connectivity index (χ0) is 10.6. The molecule has 0 spiro atoms. The van der Waals surface area contributed by atoms with Gasteiger partial charge in [0, 0.05) is 6.54 Å². The Kier molecular flexibility index (Phi) is 4.35. The molecule has 82 valence electrons. The number of hydrogen-bond acceptors (Lipinski definition) is 3. The van der Waals surface area contributed by atoms with Gasteiger partial charge >= 0.3 is 5.97 Å². The zero-order valence-corrected chi connectivity index (χ0v) is 8.90. The minimum Gasteiger partial charge on any atom is -0.479 e. The van der Waals surface area contributed by atoms with Crippen LogP contribution in [0.3, 0.4) is 0 Å². The first-order valence-corrected chi connectivity index (χ1v) is 5.16. The number of aliphatic carboxylic acids is 1. The molecule has 4 nitrogen and oxygen atoms in total. The maximum Gasteiger partial charge on any atom is 0.332 e. The number of hydrogen-bond donors (Lipinski definition) is 1. The van der Waals surface area contributed by atoms with Gasteiger partial charge in [0.15, 0.2) is 6.10 Å². The minimum atomic E-state index is -0.873. The summed E-state index contributed by atoms with van der Waals surface area (Å²) in [6.07, 6.45) is 2.44. The normalized spacial score (nSPS) is 26.9. The summed E-state index contributed by atoms with van der Waals surface area (Å²) < 4.78 is 5.45. The van der Waals surface area contributed by atoms with E-state index >= 15 is 0 Å². The molecule has 1 heterocycles. The standard InChI is InChI=1S/C10H19NO3/c1-8(10(12)13)14-9-4-3-6-11(2)7-5-9/h8-9H,3-7H2,1-2H3,(H,12,13). The predicted octanol–water partition coefficient (Wildman–Crippen LogP) is 0.960. The highest BCUT2D eigenvalue weighted by molar-refractivity contribution is 5.71. The van der Waals surface area contributed by atoms with Crippen LogP contribution in [0.4, 0.5) is 0 Å². The number of carbonyl (C=O) groups is 1. The molecule has 4 heteroatoms. The fourth-order valence-corrected chi connectivity index (χ4v) is 1.69. The van der Waals surface area contributed by atoms with Crippen molar-refractivity contribution in [2.75, 3.05) is 20.1 Å². The molecule has 1 fully saturated rings. The van der Waals surface area contributed by atoms with Gasteiger partial charge in [-0.15, -0.1) is 0 Å². The third-order valence-corrected chi connectivity index (χ3v) is 2.64. The van der Waals surface area contributed by atoms with Gasteiger partial charge in [0.25, 0.3) is 0 Å². The van der Waals surface area contributed by atoms with Gasteiger partial charge in [-0.2, -0.15) is 0 Å². The Morgan fingerprint density at radius 1 is 1.50 bits per heavy atom. The smallest absolute Gasteiger partial charge is 0.332 e. The Hall–Kier alpha value is -0.610. The number of likely N-dealkylation sites (tertiary alicyclic amines) is 1. The van der Waals surface area contributed by atoms with Gasteiger partial charge in [-0.25, -0.2) is 4.79 Å². The van der Waals surface area contributed by atoms with Gasteiger partial charge in [-0.1, -0.05) is 0 Å². The average Bonchev–Trinajstić information content (AvgIpc) is 2.31. The van der Waals surface area contributed by atoms with E-state index in [1.54, 1.807) is 6.92 Å². The van der Waals surface area contributed by atoms with Crippen LogP contribution >= 0.6 is 0 Å². The summed E-state index contributed by atoms with van der Waals surface area (Å²) in [6.45, 7) is 3.68. The fourth-order valence-electron chi connectivity index (χ4n) is 1.69. The summed E-state index contributed by atoms with van der Waals surface area (Å²) in [6, 6.07) is 0. The maximum atomic E-state index is 10.6. The Labute approximate surface area is 84.8 Å². The highest BCUT2D eigenvalue weighted by Crippen LogP contribution is 2.14. The molecule has 0 saturated carbocycles. The van der Waals surface area contributed by atoms with E-state index in [9.17, 15) is 4.79 Å². The van der Waals surface area contributed by atoms with E-state index in [0.29, 0.717) is 0 Å². The van der Waals surface area contributed by atoms with Crippen LogP contribution < -0.4 is 0 Å². The molecule has 1 aliphatic rings. The van der Waals surface area contributed by atoms with E-state index in [-0.39, 0.29) is 6.10 Å². The first-order chi connectivity index (χ1) is 6.59. The van der Waals surface area contributed by atoms with Gasteiger partial charge in [-0.3, -0.25) is 0 Å². The first kappa shape index (κ1) is 11.5. The van der Waals surface area contributed by atoms with Crippen LogP contribution in [-0.4, -0.2) is 48.3 Å². The van der Waals surface area contributed by atoms with E-state index < -0.39 is 12.1 Å². The molecule has 0 radical (unpaired) electrons. The molecule has 1 aliphatic heterocycles. The van der Waals surface area contributed by atoms with Crippen molar-refractivity contribution in [1.29, 1.82) is 0 Å². The van der Waals surface area contributed by atoms with Crippen LogP contribution in [0.15, 0.2) is 0 Å². The molecule has 0 bridgehead atoms. The van der Waals surface area contributed by atoms with Crippen LogP contribution in [-0.2, 0) is 9.53 Å². The molecule has 0 amide bonds. The van der Waals surface area contributed by atoms with Crippen molar-refractivity contribution in [3.63, 3.8) is 0 Å². The van der Waals surface area contributed by atoms with Crippen molar-refractivity contribution in [2.45, 2.75) is 38.4 Å². The lowest BCUT2D eigenvalue weighted by Gasteiger charge is -2.18. The second kappa shape index (κ2) is 5.32. The quantitative estimate of drug-likeness (QED) is 0.739. The summed E-state index contributed by atoms with van der Waals surface area (Å²) in [7, 11) is 2.09. The van der Waals surface area contributed by atoms with E-state index in [0.717, 1.165) is 32.4 Å². The number of carboxylic acid groups (broad SMARTS) is 1. The molecule has 2 unspecified atom stereocenters. The summed E-state index contributed by atoms with van der Waals surface area (Å²) in [5, 5.41) is 8.70. The van der Waals surface area contributed by atoms with Gasteiger partial charge in [0.05, 0.1) is 6.10 Å². The zero-order valence-electron chi connectivity index (χ0n) is 8.90. The molecule has 0 aromatic rings. The third-order valence-electron chi connectivity index (χ3n) is 2.64. The highest BCUT2D eigenvalue weighted by atomic mass is 16.5. The highest BCUT2D eigenvalue weighted by Gasteiger charge is 2.20.